The second-order valence-corrected chi connectivity index (χ2v) is 2.37. The van der Waals surface area contributed by atoms with Gasteiger partial charge >= 0.3 is 0 Å². The van der Waals surface area contributed by atoms with Gasteiger partial charge in [0.25, 0.3) is 19.4 Å². The number of carbonyl (C=O) groups excluding carboxylic acids is 3. The predicted octanol–water partition coefficient (Wildman–Crippen LogP) is -0.346. The van der Waals surface area contributed by atoms with E-state index in [0.717, 1.165) is 0 Å². The summed E-state index contributed by atoms with van der Waals surface area (Å²) in [7, 11) is 0. The van der Waals surface area contributed by atoms with E-state index in [-0.39, 0.29) is 13.2 Å². The van der Waals surface area contributed by atoms with Crippen LogP contribution in [0.1, 0.15) is 12.8 Å². The Balaban J connectivity index is 3.58. The second-order valence-electron chi connectivity index (χ2n) is 2.37. The molecular formula is C8H12O6. The Hall–Kier alpha value is -1.59. The third kappa shape index (κ3) is 7.08. The van der Waals surface area contributed by atoms with E-state index in [1.807, 2.05) is 0 Å². The van der Waals surface area contributed by atoms with Gasteiger partial charge in [0.2, 0.25) is 0 Å². The minimum atomic E-state index is -0.396. The van der Waals surface area contributed by atoms with Crippen LogP contribution in [0.4, 0.5) is 0 Å². The molecular weight excluding hydrogens is 192 g/mol. The molecule has 6 nitrogen and oxygen atoms in total. The van der Waals surface area contributed by atoms with Gasteiger partial charge in [-0.05, 0) is 0 Å². The van der Waals surface area contributed by atoms with Crippen LogP contribution in [0.25, 0.3) is 0 Å². The molecule has 0 radical (unpaired) electrons. The lowest BCUT2D eigenvalue weighted by atomic mass is 10.2. The third-order valence-electron chi connectivity index (χ3n) is 1.50. The first kappa shape index (κ1) is 12.4. The molecule has 0 saturated carbocycles. The molecule has 0 aliphatic rings. The van der Waals surface area contributed by atoms with Gasteiger partial charge in [-0.3, -0.25) is 14.4 Å². The summed E-state index contributed by atoms with van der Waals surface area (Å²) in [6.45, 7) is 1.29. The molecule has 0 aromatic rings. The predicted molar refractivity (Wildman–Crippen MR) is 44.2 cm³/mol. The monoisotopic (exact) mass is 204 g/mol. The molecule has 80 valence electrons. The average Bonchev–Trinajstić information content (AvgIpc) is 2.18. The molecule has 0 aliphatic carbocycles. The van der Waals surface area contributed by atoms with Crippen LogP contribution < -0.4 is 0 Å². The van der Waals surface area contributed by atoms with Crippen LogP contribution in [0.2, 0.25) is 0 Å². The van der Waals surface area contributed by atoms with Gasteiger partial charge in [0.1, 0.15) is 6.10 Å². The molecule has 0 amide bonds. The van der Waals surface area contributed by atoms with Crippen molar-refractivity contribution in [3.63, 3.8) is 0 Å². The quantitative estimate of drug-likeness (QED) is 0.275. The Morgan fingerprint density at radius 3 is 1.71 bits per heavy atom. The van der Waals surface area contributed by atoms with E-state index < -0.39 is 6.10 Å². The Bertz CT molecular complexity index is 155. The van der Waals surface area contributed by atoms with E-state index in [9.17, 15) is 14.4 Å². The molecule has 0 unspecified atom stereocenters. The largest absolute Gasteiger partial charge is 0.468 e. The summed E-state index contributed by atoms with van der Waals surface area (Å²) in [6, 6.07) is 0. The number of carbonyl (C=O) groups is 3. The van der Waals surface area contributed by atoms with Gasteiger partial charge in [0, 0.05) is 12.8 Å². The summed E-state index contributed by atoms with van der Waals surface area (Å²) in [5.41, 5.74) is 0. The number of hydrogen-bond donors (Lipinski definition) is 0. The highest BCUT2D eigenvalue weighted by Crippen LogP contribution is 2.03. The summed E-state index contributed by atoms with van der Waals surface area (Å²) in [6.07, 6.45) is 0.381. The summed E-state index contributed by atoms with van der Waals surface area (Å²) in [4.78, 5) is 29.6. The number of rotatable bonds is 10. The molecule has 0 heterocycles. The maximum Gasteiger partial charge on any atom is 0.293 e. The van der Waals surface area contributed by atoms with Crippen molar-refractivity contribution >= 4 is 19.4 Å². The minimum Gasteiger partial charge on any atom is -0.468 e. The molecule has 0 N–H and O–H groups in total. The average molecular weight is 204 g/mol. The zero-order valence-corrected chi connectivity index (χ0v) is 7.59. The van der Waals surface area contributed by atoms with E-state index in [2.05, 4.69) is 14.2 Å². The molecule has 0 aromatic carbocycles. The number of hydrogen-bond acceptors (Lipinski definition) is 6. The van der Waals surface area contributed by atoms with Crippen molar-refractivity contribution in [3.05, 3.63) is 0 Å². The molecule has 0 bridgehead atoms. The lowest BCUT2D eigenvalue weighted by Gasteiger charge is -2.13. The van der Waals surface area contributed by atoms with E-state index >= 15 is 0 Å². The molecule has 0 spiro atoms. The molecule has 0 saturated heterocycles. The fraction of sp³-hybridized carbons (Fsp3) is 0.625. The fourth-order valence-electron chi connectivity index (χ4n) is 0.854. The summed E-state index contributed by atoms with van der Waals surface area (Å²) in [5.74, 6) is 0. The van der Waals surface area contributed by atoms with E-state index in [1.54, 1.807) is 0 Å². The molecule has 0 rings (SSSR count). The summed E-state index contributed by atoms with van der Waals surface area (Å²) < 4.78 is 13.5. The summed E-state index contributed by atoms with van der Waals surface area (Å²) in [5, 5.41) is 0. The zero-order valence-electron chi connectivity index (χ0n) is 7.59. The van der Waals surface area contributed by atoms with Crippen LogP contribution in [0.3, 0.4) is 0 Å². The van der Waals surface area contributed by atoms with Gasteiger partial charge in [0.05, 0.1) is 13.2 Å². The molecule has 6 heteroatoms. The molecule has 14 heavy (non-hydrogen) atoms. The van der Waals surface area contributed by atoms with E-state index in [1.165, 1.54) is 0 Å². The van der Waals surface area contributed by atoms with Gasteiger partial charge in [0.15, 0.2) is 0 Å². The van der Waals surface area contributed by atoms with Crippen molar-refractivity contribution in [1.29, 1.82) is 0 Å². The topological polar surface area (TPSA) is 78.9 Å². The zero-order chi connectivity index (χ0) is 10.6. The van der Waals surface area contributed by atoms with Crippen molar-refractivity contribution in [1.82, 2.24) is 0 Å². The van der Waals surface area contributed by atoms with Crippen LogP contribution in [0, 0.1) is 0 Å². The second kappa shape index (κ2) is 9.50. The summed E-state index contributed by atoms with van der Waals surface area (Å²) >= 11 is 0. The lowest BCUT2D eigenvalue weighted by molar-refractivity contribution is -0.137. The van der Waals surface area contributed by atoms with Crippen molar-refractivity contribution in [2.24, 2.45) is 0 Å². The molecule has 0 aromatic heterocycles. The first-order valence-electron chi connectivity index (χ1n) is 4.04. The van der Waals surface area contributed by atoms with Crippen molar-refractivity contribution in [2.75, 3.05) is 13.2 Å². The van der Waals surface area contributed by atoms with Crippen LogP contribution in [0.5, 0.6) is 0 Å². The Morgan fingerprint density at radius 2 is 1.36 bits per heavy atom. The minimum absolute atomic E-state index is 0.170. The van der Waals surface area contributed by atoms with Gasteiger partial charge in [-0.15, -0.1) is 0 Å². The first-order chi connectivity index (χ1) is 6.85. The first-order valence-corrected chi connectivity index (χ1v) is 4.04. The highest BCUT2D eigenvalue weighted by atomic mass is 16.5. The van der Waals surface area contributed by atoms with Gasteiger partial charge in [-0.2, -0.15) is 0 Å². The van der Waals surface area contributed by atoms with Gasteiger partial charge in [-0.1, -0.05) is 0 Å². The van der Waals surface area contributed by atoms with Crippen LogP contribution in [-0.2, 0) is 28.6 Å². The highest BCUT2D eigenvalue weighted by molar-refractivity contribution is 5.38. The smallest absolute Gasteiger partial charge is 0.293 e. The van der Waals surface area contributed by atoms with E-state index in [0.29, 0.717) is 32.3 Å². The fourth-order valence-corrected chi connectivity index (χ4v) is 0.854. The Kier molecular flexibility index (Phi) is 8.42. The normalized spacial score (nSPS) is 9.21. The van der Waals surface area contributed by atoms with Crippen LogP contribution in [0.15, 0.2) is 0 Å². The molecule has 0 fully saturated rings. The standard InChI is InChI=1S/C8H12O6/c9-5-12-3-1-8(14-7-11)2-4-13-6-10/h5-8H,1-4H2. The van der Waals surface area contributed by atoms with Crippen LogP contribution in [-0.4, -0.2) is 38.7 Å². The highest BCUT2D eigenvalue weighted by Gasteiger charge is 2.09. The lowest BCUT2D eigenvalue weighted by Crippen LogP contribution is -2.17. The molecule has 0 atom stereocenters. The van der Waals surface area contributed by atoms with Crippen molar-refractivity contribution in [3.8, 4) is 0 Å². The maximum atomic E-state index is 10.0. The van der Waals surface area contributed by atoms with Crippen molar-refractivity contribution < 1.29 is 28.6 Å². The Morgan fingerprint density at radius 1 is 0.857 bits per heavy atom. The maximum absolute atomic E-state index is 10.0. The Labute approximate surface area is 81.1 Å². The van der Waals surface area contributed by atoms with Gasteiger partial charge < -0.3 is 14.2 Å². The SMILES string of the molecule is O=COCCC(CCOC=O)OC=O. The number of ether oxygens (including phenoxy) is 3. The van der Waals surface area contributed by atoms with E-state index in [4.69, 9.17) is 0 Å². The van der Waals surface area contributed by atoms with Crippen LogP contribution >= 0.6 is 0 Å². The third-order valence-corrected chi connectivity index (χ3v) is 1.50. The van der Waals surface area contributed by atoms with Gasteiger partial charge in [-0.25, -0.2) is 0 Å². The van der Waals surface area contributed by atoms with Crippen molar-refractivity contribution in [2.45, 2.75) is 18.9 Å². The molecule has 0 aliphatic heterocycles.